The van der Waals surface area contributed by atoms with E-state index in [4.69, 9.17) is 0 Å². The molecule has 3 rings (SSSR count). The number of nitrogens with zero attached hydrogens (tertiary/aromatic N) is 1. The molecule has 6 nitrogen and oxygen atoms in total. The Morgan fingerprint density at radius 2 is 2.05 bits per heavy atom. The van der Waals surface area contributed by atoms with Crippen LogP contribution in [0, 0.1) is 5.41 Å². The fraction of sp³-hybridized carbons (Fsp3) is 0.467. The highest BCUT2D eigenvalue weighted by atomic mass is 16.2. The largest absolute Gasteiger partial charge is 0.336 e. The predicted molar refractivity (Wildman–Crippen MR) is 81.4 cm³/mol. The number of hydrogen-bond acceptors (Lipinski definition) is 3. The van der Waals surface area contributed by atoms with Gasteiger partial charge in [0.1, 0.15) is 0 Å². The van der Waals surface area contributed by atoms with E-state index in [1.54, 1.807) is 4.90 Å². The van der Waals surface area contributed by atoms with Crippen molar-refractivity contribution in [3.63, 3.8) is 0 Å². The zero-order valence-corrected chi connectivity index (χ0v) is 12.1. The van der Waals surface area contributed by atoms with E-state index in [0.717, 1.165) is 24.3 Å². The molecular formula is C15H20N4O2. The third-order valence-electron chi connectivity index (χ3n) is 4.21. The summed E-state index contributed by atoms with van der Waals surface area (Å²) in [6.07, 6.45) is 0.852. The molecule has 0 aromatic heterocycles. The maximum absolute atomic E-state index is 12.3. The highest BCUT2D eigenvalue weighted by Gasteiger charge is 2.36. The lowest BCUT2D eigenvalue weighted by molar-refractivity contribution is -0.123. The van der Waals surface area contributed by atoms with Crippen LogP contribution in [0.4, 0.5) is 16.2 Å². The molecule has 3 N–H and O–H groups in total. The average molecular weight is 288 g/mol. The summed E-state index contributed by atoms with van der Waals surface area (Å²) in [6.45, 7) is 4.92. The number of carbonyl (C=O) groups is 2. The van der Waals surface area contributed by atoms with Crippen molar-refractivity contribution in [1.29, 1.82) is 0 Å². The lowest BCUT2D eigenvalue weighted by Crippen LogP contribution is -2.35. The van der Waals surface area contributed by atoms with Crippen LogP contribution in [0.15, 0.2) is 24.3 Å². The summed E-state index contributed by atoms with van der Waals surface area (Å²) in [5, 5.41) is 8.94. The van der Waals surface area contributed by atoms with Gasteiger partial charge < -0.3 is 16.0 Å². The molecule has 2 fully saturated rings. The van der Waals surface area contributed by atoms with Gasteiger partial charge in [-0.3, -0.25) is 9.69 Å². The molecule has 0 bridgehead atoms. The third kappa shape index (κ3) is 2.71. The van der Waals surface area contributed by atoms with Crippen molar-refractivity contribution in [2.75, 3.05) is 36.4 Å². The van der Waals surface area contributed by atoms with Gasteiger partial charge in [-0.2, -0.15) is 0 Å². The first-order valence-corrected chi connectivity index (χ1v) is 7.26. The number of urea groups is 1. The maximum atomic E-state index is 12.3. The van der Waals surface area contributed by atoms with Crippen LogP contribution >= 0.6 is 0 Å². The van der Waals surface area contributed by atoms with Crippen LogP contribution in [-0.2, 0) is 4.79 Å². The minimum atomic E-state index is -0.340. The Hall–Kier alpha value is -2.08. The molecule has 21 heavy (non-hydrogen) atoms. The number of hydrogen-bond donors (Lipinski definition) is 3. The topological polar surface area (TPSA) is 73.5 Å². The molecule has 0 radical (unpaired) electrons. The average Bonchev–Trinajstić information content (AvgIpc) is 3.09. The molecular weight excluding hydrogens is 268 g/mol. The van der Waals surface area contributed by atoms with E-state index in [9.17, 15) is 9.59 Å². The maximum Gasteiger partial charge on any atom is 0.321 e. The fourth-order valence-electron chi connectivity index (χ4n) is 2.74. The molecule has 2 heterocycles. The Morgan fingerprint density at radius 3 is 2.62 bits per heavy atom. The highest BCUT2D eigenvalue weighted by molar-refractivity contribution is 5.97. The summed E-state index contributed by atoms with van der Waals surface area (Å²) < 4.78 is 0. The summed E-state index contributed by atoms with van der Waals surface area (Å²) in [5.74, 6) is 0.0409. The third-order valence-corrected chi connectivity index (χ3v) is 4.21. The van der Waals surface area contributed by atoms with Crippen LogP contribution in [-0.4, -0.2) is 38.1 Å². The lowest BCUT2D eigenvalue weighted by Gasteiger charge is -2.22. The van der Waals surface area contributed by atoms with E-state index < -0.39 is 0 Å². The number of nitrogens with one attached hydrogen (secondary N) is 3. The van der Waals surface area contributed by atoms with Gasteiger partial charge in [-0.1, -0.05) is 0 Å². The van der Waals surface area contributed by atoms with Gasteiger partial charge in [-0.15, -0.1) is 0 Å². The molecule has 1 aromatic rings. The van der Waals surface area contributed by atoms with Crippen molar-refractivity contribution in [3.8, 4) is 0 Å². The van der Waals surface area contributed by atoms with E-state index in [0.29, 0.717) is 19.6 Å². The van der Waals surface area contributed by atoms with Crippen LogP contribution in [0.3, 0.4) is 0 Å². The summed E-state index contributed by atoms with van der Waals surface area (Å²) in [6, 6.07) is 7.32. The van der Waals surface area contributed by atoms with Crippen molar-refractivity contribution in [1.82, 2.24) is 10.6 Å². The predicted octanol–water partition coefficient (Wildman–Crippen LogP) is 1.15. The second-order valence-corrected chi connectivity index (χ2v) is 5.87. The summed E-state index contributed by atoms with van der Waals surface area (Å²) >= 11 is 0. The van der Waals surface area contributed by atoms with E-state index >= 15 is 0 Å². The molecule has 0 saturated carbocycles. The minimum absolute atomic E-state index is 0.0409. The Balaban J connectivity index is 1.67. The summed E-state index contributed by atoms with van der Waals surface area (Å²) in [5.41, 5.74) is 1.27. The number of amides is 3. The van der Waals surface area contributed by atoms with E-state index in [1.165, 1.54) is 0 Å². The number of rotatable bonds is 3. The van der Waals surface area contributed by atoms with Gasteiger partial charge in [0.05, 0.1) is 5.41 Å². The Kier molecular flexibility index (Phi) is 3.55. The first kappa shape index (κ1) is 13.9. The zero-order chi connectivity index (χ0) is 14.9. The zero-order valence-electron chi connectivity index (χ0n) is 12.1. The summed E-state index contributed by atoms with van der Waals surface area (Å²) in [7, 11) is 0. The van der Waals surface area contributed by atoms with Gasteiger partial charge in [-0.25, -0.2) is 4.79 Å². The van der Waals surface area contributed by atoms with Crippen LogP contribution in [0.1, 0.15) is 13.3 Å². The van der Waals surface area contributed by atoms with Crippen molar-refractivity contribution in [3.05, 3.63) is 24.3 Å². The lowest BCUT2D eigenvalue weighted by atomic mass is 9.89. The van der Waals surface area contributed by atoms with Gasteiger partial charge in [0.25, 0.3) is 0 Å². The second kappa shape index (κ2) is 5.37. The van der Waals surface area contributed by atoms with Crippen LogP contribution in [0.5, 0.6) is 0 Å². The number of benzene rings is 1. The first-order valence-electron chi connectivity index (χ1n) is 7.26. The SMILES string of the molecule is CC1(C(=O)Nc2ccc(N3CCNC3=O)cc2)CCNC1. The van der Waals surface area contributed by atoms with Crippen LogP contribution in [0.25, 0.3) is 0 Å². The van der Waals surface area contributed by atoms with Crippen LogP contribution < -0.4 is 20.9 Å². The molecule has 112 valence electrons. The van der Waals surface area contributed by atoms with Gasteiger partial charge in [0.15, 0.2) is 0 Å². The molecule has 1 aromatic carbocycles. The minimum Gasteiger partial charge on any atom is -0.336 e. The van der Waals surface area contributed by atoms with Gasteiger partial charge in [-0.05, 0) is 44.2 Å². The molecule has 1 atom stereocenters. The number of carbonyl (C=O) groups excluding carboxylic acids is 2. The highest BCUT2D eigenvalue weighted by Crippen LogP contribution is 2.27. The van der Waals surface area contributed by atoms with Gasteiger partial charge >= 0.3 is 6.03 Å². The van der Waals surface area contributed by atoms with Gasteiger partial charge in [0.2, 0.25) is 5.91 Å². The smallest absolute Gasteiger partial charge is 0.321 e. The van der Waals surface area contributed by atoms with E-state index in [-0.39, 0.29) is 17.4 Å². The van der Waals surface area contributed by atoms with Crippen molar-refractivity contribution < 1.29 is 9.59 Å². The molecule has 2 saturated heterocycles. The molecule has 1 unspecified atom stereocenters. The molecule has 2 aliphatic rings. The Bertz CT molecular complexity index is 549. The second-order valence-electron chi connectivity index (χ2n) is 5.87. The molecule has 0 spiro atoms. The van der Waals surface area contributed by atoms with Crippen molar-refractivity contribution in [2.45, 2.75) is 13.3 Å². The molecule has 6 heteroatoms. The normalized spacial score (nSPS) is 25.0. The Labute approximate surface area is 123 Å². The summed E-state index contributed by atoms with van der Waals surface area (Å²) in [4.78, 5) is 25.6. The van der Waals surface area contributed by atoms with E-state index in [2.05, 4.69) is 16.0 Å². The standard InChI is InChI=1S/C15H20N4O2/c1-15(6-7-16-10-15)13(20)18-11-2-4-12(5-3-11)19-9-8-17-14(19)21/h2-5,16H,6-10H2,1H3,(H,17,21)(H,18,20). The van der Waals surface area contributed by atoms with Crippen molar-refractivity contribution >= 4 is 23.3 Å². The first-order chi connectivity index (χ1) is 10.1. The van der Waals surface area contributed by atoms with Crippen LogP contribution in [0.2, 0.25) is 0 Å². The van der Waals surface area contributed by atoms with E-state index in [1.807, 2.05) is 31.2 Å². The molecule has 3 amide bonds. The molecule has 2 aliphatic heterocycles. The molecule has 0 aliphatic carbocycles. The quantitative estimate of drug-likeness (QED) is 0.781. The van der Waals surface area contributed by atoms with Gasteiger partial charge in [0, 0.05) is 31.0 Å². The monoisotopic (exact) mass is 288 g/mol. The van der Waals surface area contributed by atoms with Crippen molar-refractivity contribution in [2.24, 2.45) is 5.41 Å². The number of anilines is 2. The Morgan fingerprint density at radius 1 is 1.29 bits per heavy atom. The fourth-order valence-corrected chi connectivity index (χ4v) is 2.74.